The Hall–Kier alpha value is -1.01. The van der Waals surface area contributed by atoms with Crippen LogP contribution in [0.25, 0.3) is 0 Å². The number of carbonyl (C=O) groups is 1. The molecular weight excluding hydrogens is 176 g/mol. The van der Waals surface area contributed by atoms with E-state index >= 15 is 0 Å². The number of amides is 1. The smallest absolute Gasteiger partial charge is 0.298 e. The first kappa shape index (κ1) is 9.54. The summed E-state index contributed by atoms with van der Waals surface area (Å²) >= 11 is 0. The van der Waals surface area contributed by atoms with Gasteiger partial charge in [-0.05, 0) is 24.2 Å². The fourth-order valence-electron chi connectivity index (χ4n) is 2.86. The third kappa shape index (κ3) is 1.31. The molecule has 2 saturated heterocycles. The van der Waals surface area contributed by atoms with E-state index in [2.05, 4.69) is 18.2 Å². The van der Waals surface area contributed by atoms with Crippen LogP contribution in [0.5, 0.6) is 0 Å². The van der Waals surface area contributed by atoms with Crippen LogP contribution in [0.3, 0.4) is 0 Å². The zero-order valence-electron chi connectivity index (χ0n) is 8.49. The topological polar surface area (TPSA) is 32.3 Å². The summed E-state index contributed by atoms with van der Waals surface area (Å²) in [6, 6.07) is 0.360. The number of nitrogens with one attached hydrogen (secondary N) is 1. The SMILES string of the molecule is C#CC(=O)N1CC2CNCC2C1CC. The molecule has 76 valence electrons. The summed E-state index contributed by atoms with van der Waals surface area (Å²) in [4.78, 5) is 13.4. The number of hydrogen-bond donors (Lipinski definition) is 1. The van der Waals surface area contributed by atoms with Gasteiger partial charge < -0.3 is 10.2 Å². The normalized spacial score (nSPS) is 35.4. The maximum atomic E-state index is 11.5. The molecule has 0 saturated carbocycles. The van der Waals surface area contributed by atoms with Gasteiger partial charge in [0.2, 0.25) is 0 Å². The van der Waals surface area contributed by atoms with Crippen molar-refractivity contribution < 1.29 is 4.79 Å². The number of nitrogens with zero attached hydrogens (tertiary/aromatic N) is 1. The van der Waals surface area contributed by atoms with E-state index in [1.54, 1.807) is 0 Å². The number of fused-ring (bicyclic) bond motifs is 1. The molecule has 0 radical (unpaired) electrons. The van der Waals surface area contributed by atoms with Crippen molar-refractivity contribution in [3.8, 4) is 12.3 Å². The van der Waals surface area contributed by atoms with Crippen molar-refractivity contribution in [1.82, 2.24) is 10.2 Å². The molecule has 1 N–H and O–H groups in total. The Kier molecular flexibility index (Phi) is 2.47. The van der Waals surface area contributed by atoms with Gasteiger partial charge in [-0.25, -0.2) is 0 Å². The van der Waals surface area contributed by atoms with Gasteiger partial charge in [-0.1, -0.05) is 6.92 Å². The average molecular weight is 192 g/mol. The number of rotatable bonds is 1. The molecule has 3 heteroatoms. The van der Waals surface area contributed by atoms with E-state index in [0.29, 0.717) is 17.9 Å². The quantitative estimate of drug-likeness (QED) is 0.597. The monoisotopic (exact) mass is 192 g/mol. The second kappa shape index (κ2) is 3.62. The molecular formula is C11H16N2O. The highest BCUT2D eigenvalue weighted by molar-refractivity contribution is 5.93. The number of terminal acetylenes is 1. The fourth-order valence-corrected chi connectivity index (χ4v) is 2.86. The van der Waals surface area contributed by atoms with E-state index in [1.165, 1.54) is 0 Å². The van der Waals surface area contributed by atoms with Crippen molar-refractivity contribution >= 4 is 5.91 Å². The van der Waals surface area contributed by atoms with Gasteiger partial charge in [0.1, 0.15) is 0 Å². The molecule has 2 aliphatic heterocycles. The van der Waals surface area contributed by atoms with Gasteiger partial charge in [0.15, 0.2) is 0 Å². The summed E-state index contributed by atoms with van der Waals surface area (Å²) in [6.45, 7) is 5.05. The first-order valence-corrected chi connectivity index (χ1v) is 5.25. The number of likely N-dealkylation sites (tertiary alicyclic amines) is 1. The van der Waals surface area contributed by atoms with Crippen molar-refractivity contribution in [2.24, 2.45) is 11.8 Å². The molecule has 3 atom stereocenters. The lowest BCUT2D eigenvalue weighted by molar-refractivity contribution is -0.126. The van der Waals surface area contributed by atoms with Gasteiger partial charge in [-0.2, -0.15) is 0 Å². The predicted octanol–water partition coefficient (Wildman–Crippen LogP) is 0.0760. The Morgan fingerprint density at radius 2 is 2.43 bits per heavy atom. The van der Waals surface area contributed by atoms with Crippen LogP contribution in [-0.2, 0) is 4.79 Å². The number of carbonyl (C=O) groups excluding carboxylic acids is 1. The molecule has 2 rings (SSSR count). The van der Waals surface area contributed by atoms with Crippen LogP contribution in [0.2, 0.25) is 0 Å². The molecule has 2 aliphatic rings. The third-order valence-corrected chi connectivity index (χ3v) is 3.52. The van der Waals surface area contributed by atoms with Crippen LogP contribution in [-0.4, -0.2) is 36.5 Å². The van der Waals surface area contributed by atoms with Crippen molar-refractivity contribution in [3.63, 3.8) is 0 Å². The molecule has 3 nitrogen and oxygen atoms in total. The van der Waals surface area contributed by atoms with Gasteiger partial charge in [-0.3, -0.25) is 4.79 Å². The maximum absolute atomic E-state index is 11.5. The zero-order chi connectivity index (χ0) is 10.1. The Bertz CT molecular complexity index is 282. The molecule has 1 amide bonds. The second-order valence-corrected chi connectivity index (χ2v) is 4.16. The molecule has 2 heterocycles. The first-order valence-electron chi connectivity index (χ1n) is 5.25. The molecule has 0 aromatic carbocycles. The lowest BCUT2D eigenvalue weighted by atomic mass is 9.93. The Morgan fingerprint density at radius 3 is 3.07 bits per heavy atom. The van der Waals surface area contributed by atoms with E-state index < -0.39 is 0 Å². The standard InChI is InChI=1S/C11H16N2O/c1-3-10-9-6-12-5-8(9)7-13(10)11(14)4-2/h2,8-10,12H,3,5-7H2,1H3. The van der Waals surface area contributed by atoms with E-state index in [4.69, 9.17) is 6.42 Å². The third-order valence-electron chi connectivity index (χ3n) is 3.52. The summed E-state index contributed by atoms with van der Waals surface area (Å²) in [6.07, 6.45) is 6.17. The minimum absolute atomic E-state index is 0.133. The minimum atomic E-state index is -0.133. The van der Waals surface area contributed by atoms with Crippen LogP contribution in [0, 0.1) is 24.2 Å². The Labute approximate surface area is 84.8 Å². The van der Waals surface area contributed by atoms with Crippen molar-refractivity contribution in [2.45, 2.75) is 19.4 Å². The molecule has 0 aromatic rings. The van der Waals surface area contributed by atoms with E-state index in [-0.39, 0.29) is 5.91 Å². The lowest BCUT2D eigenvalue weighted by Gasteiger charge is -2.24. The molecule has 2 fully saturated rings. The highest BCUT2D eigenvalue weighted by atomic mass is 16.2. The number of hydrogen-bond acceptors (Lipinski definition) is 2. The van der Waals surface area contributed by atoms with E-state index in [1.807, 2.05) is 4.90 Å². The lowest BCUT2D eigenvalue weighted by Crippen LogP contribution is -2.38. The average Bonchev–Trinajstić information content (AvgIpc) is 2.74. The Balaban J connectivity index is 2.14. The molecule has 3 unspecified atom stereocenters. The van der Waals surface area contributed by atoms with Crippen LogP contribution in [0.4, 0.5) is 0 Å². The largest absolute Gasteiger partial charge is 0.328 e. The van der Waals surface area contributed by atoms with Crippen LogP contribution >= 0.6 is 0 Å². The predicted molar refractivity (Wildman–Crippen MR) is 54.5 cm³/mol. The summed E-state index contributed by atoms with van der Waals surface area (Å²) in [5.41, 5.74) is 0. The fraction of sp³-hybridized carbons (Fsp3) is 0.727. The van der Waals surface area contributed by atoms with Gasteiger partial charge in [0.25, 0.3) is 5.91 Å². The molecule has 0 spiro atoms. The summed E-state index contributed by atoms with van der Waals surface area (Å²) in [7, 11) is 0. The van der Waals surface area contributed by atoms with Gasteiger partial charge >= 0.3 is 0 Å². The van der Waals surface area contributed by atoms with Crippen LogP contribution < -0.4 is 5.32 Å². The molecule has 0 aromatic heterocycles. The minimum Gasteiger partial charge on any atom is -0.328 e. The summed E-state index contributed by atoms with van der Waals surface area (Å²) in [5.74, 6) is 3.34. The van der Waals surface area contributed by atoms with Crippen LogP contribution in [0.15, 0.2) is 0 Å². The van der Waals surface area contributed by atoms with Crippen LogP contribution in [0.1, 0.15) is 13.3 Å². The highest BCUT2D eigenvalue weighted by Gasteiger charge is 2.44. The first-order chi connectivity index (χ1) is 6.77. The van der Waals surface area contributed by atoms with E-state index in [0.717, 1.165) is 26.1 Å². The van der Waals surface area contributed by atoms with Gasteiger partial charge in [0, 0.05) is 25.7 Å². The maximum Gasteiger partial charge on any atom is 0.298 e. The second-order valence-electron chi connectivity index (χ2n) is 4.16. The highest BCUT2D eigenvalue weighted by Crippen LogP contribution is 2.33. The van der Waals surface area contributed by atoms with Crippen molar-refractivity contribution in [2.75, 3.05) is 19.6 Å². The van der Waals surface area contributed by atoms with Crippen molar-refractivity contribution in [1.29, 1.82) is 0 Å². The zero-order valence-corrected chi connectivity index (χ0v) is 8.49. The Morgan fingerprint density at radius 1 is 1.64 bits per heavy atom. The van der Waals surface area contributed by atoms with E-state index in [9.17, 15) is 4.79 Å². The summed E-state index contributed by atoms with van der Waals surface area (Å²) in [5, 5.41) is 3.38. The summed E-state index contributed by atoms with van der Waals surface area (Å²) < 4.78 is 0. The van der Waals surface area contributed by atoms with Crippen molar-refractivity contribution in [3.05, 3.63) is 0 Å². The van der Waals surface area contributed by atoms with Gasteiger partial charge in [-0.15, -0.1) is 6.42 Å². The molecule has 0 bridgehead atoms. The molecule has 0 aliphatic carbocycles. The molecule has 14 heavy (non-hydrogen) atoms. The van der Waals surface area contributed by atoms with Gasteiger partial charge in [0.05, 0.1) is 0 Å².